The van der Waals surface area contributed by atoms with Crippen LogP contribution in [-0.4, -0.2) is 48.8 Å². The summed E-state index contributed by atoms with van der Waals surface area (Å²) >= 11 is 1.64. The summed E-state index contributed by atoms with van der Waals surface area (Å²) in [5.74, 6) is 1.93. The van der Waals surface area contributed by atoms with Crippen molar-refractivity contribution in [1.82, 2.24) is 4.90 Å². The molecule has 0 aromatic rings. The summed E-state index contributed by atoms with van der Waals surface area (Å²) in [7, 11) is -3.07. The second-order valence-electron chi connectivity index (χ2n) is 3.35. The third-order valence-electron chi connectivity index (χ3n) is 2.26. The van der Waals surface area contributed by atoms with Crippen LogP contribution in [0.2, 0.25) is 0 Å². The van der Waals surface area contributed by atoms with Crippen molar-refractivity contribution >= 4 is 27.4 Å². The van der Waals surface area contributed by atoms with Crippen LogP contribution in [-0.2, 0) is 9.84 Å². The fourth-order valence-electron chi connectivity index (χ4n) is 1.45. The summed E-state index contributed by atoms with van der Waals surface area (Å²) < 4.78 is 22.9. The zero-order valence-electron chi connectivity index (χ0n) is 8.49. The number of hydrogen-bond acceptors (Lipinski definition) is 4. The Labute approximate surface area is 89.5 Å². The first-order valence-electron chi connectivity index (χ1n) is 4.57. The molecule has 0 aliphatic carbocycles. The van der Waals surface area contributed by atoms with Gasteiger partial charge in [0, 0.05) is 30.7 Å². The Kier molecular flexibility index (Phi) is 3.83. The van der Waals surface area contributed by atoms with E-state index in [0.29, 0.717) is 24.6 Å². The highest BCUT2D eigenvalue weighted by Gasteiger charge is 2.31. The van der Waals surface area contributed by atoms with Crippen LogP contribution < -0.4 is 0 Å². The number of thioether (sulfide) groups is 1. The third kappa shape index (κ3) is 2.63. The second-order valence-corrected chi connectivity index (χ2v) is 6.71. The van der Waals surface area contributed by atoms with Gasteiger partial charge in [0.15, 0.2) is 9.84 Å². The fourth-order valence-corrected chi connectivity index (χ4v) is 4.29. The Balaban J connectivity index is 2.85. The molecule has 14 heavy (non-hydrogen) atoms. The third-order valence-corrected chi connectivity index (χ3v) is 4.90. The van der Waals surface area contributed by atoms with Gasteiger partial charge in [-0.1, -0.05) is 6.92 Å². The summed E-state index contributed by atoms with van der Waals surface area (Å²) in [6.45, 7) is 2.55. The first-order valence-corrected chi connectivity index (χ1v) is 7.68. The predicted octanol–water partition coefficient (Wildman–Crippen LogP) is 0.793. The minimum absolute atomic E-state index is 0.431. The van der Waals surface area contributed by atoms with E-state index in [1.54, 1.807) is 16.7 Å². The van der Waals surface area contributed by atoms with Crippen molar-refractivity contribution in [2.75, 3.05) is 24.3 Å². The molecule has 0 spiro atoms. The number of nitrogens with zero attached hydrogens (tertiary/aromatic N) is 1. The summed E-state index contributed by atoms with van der Waals surface area (Å²) in [4.78, 5) is 1.71. The van der Waals surface area contributed by atoms with Crippen LogP contribution in [0.5, 0.6) is 0 Å². The molecule has 1 aliphatic rings. The molecule has 4 nitrogen and oxygen atoms in total. The van der Waals surface area contributed by atoms with E-state index in [1.807, 2.05) is 6.92 Å². The monoisotopic (exact) mass is 236 g/mol. The van der Waals surface area contributed by atoms with E-state index in [4.69, 9.17) is 5.41 Å². The highest BCUT2D eigenvalue weighted by molar-refractivity contribution is 8.00. The fraction of sp³-hybridized carbons (Fsp3) is 0.875. The molecular weight excluding hydrogens is 220 g/mol. The lowest BCUT2D eigenvalue weighted by Crippen LogP contribution is -2.49. The van der Waals surface area contributed by atoms with Crippen LogP contribution in [0.4, 0.5) is 0 Å². The number of amidine groups is 1. The Morgan fingerprint density at radius 3 is 2.79 bits per heavy atom. The predicted molar refractivity (Wildman–Crippen MR) is 60.7 cm³/mol. The molecule has 82 valence electrons. The molecule has 0 saturated carbocycles. The van der Waals surface area contributed by atoms with E-state index in [0.717, 1.165) is 5.75 Å². The van der Waals surface area contributed by atoms with Gasteiger partial charge in [-0.3, -0.25) is 5.41 Å². The zero-order valence-corrected chi connectivity index (χ0v) is 10.1. The van der Waals surface area contributed by atoms with Crippen LogP contribution in [0, 0.1) is 5.41 Å². The van der Waals surface area contributed by atoms with Gasteiger partial charge in [0.25, 0.3) is 0 Å². The zero-order chi connectivity index (χ0) is 10.8. The molecule has 0 amide bonds. The molecule has 1 aliphatic heterocycles. The number of sulfone groups is 1. The Morgan fingerprint density at radius 1 is 1.64 bits per heavy atom. The van der Waals surface area contributed by atoms with Crippen LogP contribution >= 0.6 is 11.8 Å². The summed E-state index contributed by atoms with van der Waals surface area (Å²) in [5.41, 5.74) is 0. The van der Waals surface area contributed by atoms with Crippen LogP contribution in [0.3, 0.4) is 0 Å². The van der Waals surface area contributed by atoms with Gasteiger partial charge >= 0.3 is 0 Å². The van der Waals surface area contributed by atoms with Crippen molar-refractivity contribution in [3.63, 3.8) is 0 Å². The van der Waals surface area contributed by atoms with E-state index >= 15 is 0 Å². The van der Waals surface area contributed by atoms with E-state index in [9.17, 15) is 8.42 Å². The first-order chi connectivity index (χ1) is 6.46. The van der Waals surface area contributed by atoms with Gasteiger partial charge in [-0.15, -0.1) is 0 Å². The van der Waals surface area contributed by atoms with Crippen molar-refractivity contribution in [3.05, 3.63) is 0 Å². The normalized spacial score (nSPS) is 23.6. The first kappa shape index (κ1) is 11.8. The van der Waals surface area contributed by atoms with Crippen LogP contribution in [0.25, 0.3) is 0 Å². The molecule has 1 heterocycles. The number of rotatable bonds is 2. The molecule has 0 aromatic carbocycles. The van der Waals surface area contributed by atoms with Gasteiger partial charge in [0.05, 0.1) is 5.84 Å². The minimum atomic E-state index is -3.07. The van der Waals surface area contributed by atoms with Crippen LogP contribution in [0.15, 0.2) is 0 Å². The highest BCUT2D eigenvalue weighted by atomic mass is 32.2. The van der Waals surface area contributed by atoms with E-state index in [1.165, 1.54) is 6.26 Å². The van der Waals surface area contributed by atoms with Gasteiger partial charge in [-0.05, 0) is 0 Å². The average Bonchev–Trinajstić information content (AvgIpc) is 2.15. The molecule has 6 heteroatoms. The van der Waals surface area contributed by atoms with E-state index < -0.39 is 15.2 Å². The maximum Gasteiger partial charge on any atom is 0.169 e. The molecular formula is C8H16N2O2S2. The number of nitrogens with one attached hydrogen (secondary N) is 1. The van der Waals surface area contributed by atoms with Crippen molar-refractivity contribution in [2.45, 2.75) is 18.7 Å². The van der Waals surface area contributed by atoms with Crippen molar-refractivity contribution < 1.29 is 8.42 Å². The lowest BCUT2D eigenvalue weighted by molar-refractivity contribution is 0.401. The smallest absolute Gasteiger partial charge is 0.169 e. The molecule has 1 unspecified atom stereocenters. The molecule has 1 atom stereocenters. The Hall–Kier alpha value is -0.230. The van der Waals surface area contributed by atoms with Gasteiger partial charge in [-0.2, -0.15) is 11.8 Å². The van der Waals surface area contributed by atoms with Gasteiger partial charge < -0.3 is 4.90 Å². The highest BCUT2D eigenvalue weighted by Crippen LogP contribution is 2.20. The van der Waals surface area contributed by atoms with Crippen molar-refractivity contribution in [1.29, 1.82) is 5.41 Å². The largest absolute Gasteiger partial charge is 0.342 e. The molecule has 0 radical (unpaired) electrons. The maximum atomic E-state index is 11.5. The van der Waals surface area contributed by atoms with E-state index in [2.05, 4.69) is 0 Å². The summed E-state index contributed by atoms with van der Waals surface area (Å²) in [5, 5.41) is 7.20. The van der Waals surface area contributed by atoms with Gasteiger partial charge in [0.1, 0.15) is 5.37 Å². The molecule has 1 saturated heterocycles. The topological polar surface area (TPSA) is 61.2 Å². The molecule has 1 N–H and O–H groups in total. The minimum Gasteiger partial charge on any atom is -0.342 e. The SMILES string of the molecule is CCC(=N)N1CCSCC1S(C)(=O)=O. The van der Waals surface area contributed by atoms with Crippen LogP contribution in [0.1, 0.15) is 13.3 Å². The summed E-state index contributed by atoms with van der Waals surface area (Å²) in [6, 6.07) is 0. The molecule has 0 aromatic heterocycles. The second kappa shape index (κ2) is 4.53. The maximum absolute atomic E-state index is 11.5. The van der Waals surface area contributed by atoms with E-state index in [-0.39, 0.29) is 0 Å². The lowest BCUT2D eigenvalue weighted by Gasteiger charge is -2.35. The standard InChI is InChI=1S/C8H16N2O2S2/c1-3-7(9)10-4-5-13-6-8(10)14(2,11)12/h8-9H,3-6H2,1-2H3. The number of hydrogen-bond donors (Lipinski definition) is 1. The quantitative estimate of drug-likeness (QED) is 0.569. The lowest BCUT2D eigenvalue weighted by atomic mass is 10.3. The average molecular weight is 236 g/mol. The van der Waals surface area contributed by atoms with Crippen molar-refractivity contribution in [3.8, 4) is 0 Å². The van der Waals surface area contributed by atoms with Crippen molar-refractivity contribution in [2.24, 2.45) is 0 Å². The van der Waals surface area contributed by atoms with Gasteiger partial charge in [0.2, 0.25) is 0 Å². The summed E-state index contributed by atoms with van der Waals surface area (Å²) in [6.07, 6.45) is 1.84. The molecule has 0 bridgehead atoms. The Bertz CT molecular complexity index is 313. The molecule has 1 fully saturated rings. The Morgan fingerprint density at radius 2 is 2.29 bits per heavy atom. The molecule has 1 rings (SSSR count). The van der Waals surface area contributed by atoms with Gasteiger partial charge in [-0.25, -0.2) is 8.42 Å².